The van der Waals surface area contributed by atoms with Crippen molar-refractivity contribution in [2.75, 3.05) is 4.90 Å². The number of hydrogen-bond donors (Lipinski definition) is 0. The molecule has 252 valence electrons. The van der Waals surface area contributed by atoms with Gasteiger partial charge in [0.1, 0.15) is 0 Å². The van der Waals surface area contributed by atoms with Crippen molar-refractivity contribution in [3.63, 3.8) is 0 Å². The topological polar surface area (TPSA) is 3.24 Å². The van der Waals surface area contributed by atoms with Crippen molar-refractivity contribution in [3.8, 4) is 44.5 Å². The SMILES string of the molecule is CC1(C)c2ccccc2-c2cc(-c3ccc(N(c4ccc(-c5ccccc5)cc4)c4ccc(-c5ccc6sc7ccccc7c6c5)cc4)cc3)ccc21. The lowest BCUT2D eigenvalue weighted by Crippen LogP contribution is -2.14. The number of benzene rings is 8. The molecule has 0 atom stereocenters. The van der Waals surface area contributed by atoms with Crippen molar-refractivity contribution in [2.45, 2.75) is 19.3 Å². The second-order valence-corrected chi connectivity index (χ2v) is 15.7. The first kappa shape index (κ1) is 31.5. The highest BCUT2D eigenvalue weighted by Gasteiger charge is 2.35. The molecule has 1 heterocycles. The Bertz CT molecular complexity index is 2770. The van der Waals surface area contributed by atoms with Crippen LogP contribution in [0.5, 0.6) is 0 Å². The van der Waals surface area contributed by atoms with E-state index in [1.807, 2.05) is 11.3 Å². The maximum absolute atomic E-state index is 2.38. The molecule has 8 aromatic carbocycles. The Balaban J connectivity index is 1.02. The molecule has 1 aliphatic rings. The fourth-order valence-corrected chi connectivity index (χ4v) is 9.38. The zero-order valence-electron chi connectivity index (χ0n) is 29.8. The van der Waals surface area contributed by atoms with Crippen molar-refractivity contribution < 1.29 is 0 Å². The van der Waals surface area contributed by atoms with Gasteiger partial charge in [-0.05, 0) is 116 Å². The van der Waals surface area contributed by atoms with Crippen LogP contribution in [0.1, 0.15) is 25.0 Å². The van der Waals surface area contributed by atoms with Crippen LogP contribution in [-0.2, 0) is 5.41 Å². The van der Waals surface area contributed by atoms with Gasteiger partial charge >= 0.3 is 0 Å². The molecule has 1 nitrogen and oxygen atoms in total. The van der Waals surface area contributed by atoms with Crippen LogP contribution < -0.4 is 4.90 Å². The average Bonchev–Trinajstić information content (AvgIpc) is 3.70. The molecule has 0 N–H and O–H groups in total. The van der Waals surface area contributed by atoms with E-state index in [1.165, 1.54) is 75.8 Å². The van der Waals surface area contributed by atoms with E-state index in [-0.39, 0.29) is 5.41 Å². The van der Waals surface area contributed by atoms with Gasteiger partial charge < -0.3 is 4.90 Å². The smallest absolute Gasteiger partial charge is 0.0462 e. The molecule has 2 heteroatoms. The third-order valence-corrected chi connectivity index (χ3v) is 12.3. The first-order valence-corrected chi connectivity index (χ1v) is 19.2. The van der Waals surface area contributed by atoms with E-state index >= 15 is 0 Å². The highest BCUT2D eigenvalue weighted by atomic mass is 32.1. The standard InChI is InChI=1S/C51H37NS/c1-51(2)47-14-8-6-12-43(47)45-32-38(22-30-48(45)51)36-18-26-41(27-19-36)52(40-24-16-35(17-25-40)34-10-4-3-5-11-34)42-28-20-37(21-29-42)39-23-31-50-46(33-39)44-13-7-9-15-49(44)53-50/h3-33H,1-2H3. The molecule has 0 unspecified atom stereocenters. The van der Waals surface area contributed by atoms with Crippen molar-refractivity contribution in [2.24, 2.45) is 0 Å². The van der Waals surface area contributed by atoms with Crippen LogP contribution in [0.15, 0.2) is 188 Å². The summed E-state index contributed by atoms with van der Waals surface area (Å²) in [5, 5.41) is 2.65. The molecule has 0 radical (unpaired) electrons. The molecule has 0 bridgehead atoms. The Morgan fingerprint density at radius 1 is 0.358 bits per heavy atom. The lowest BCUT2D eigenvalue weighted by Gasteiger charge is -2.26. The quantitative estimate of drug-likeness (QED) is 0.167. The van der Waals surface area contributed by atoms with Crippen LogP contribution in [-0.4, -0.2) is 0 Å². The lowest BCUT2D eigenvalue weighted by molar-refractivity contribution is 0.660. The first-order chi connectivity index (χ1) is 26.0. The minimum absolute atomic E-state index is 0.00541. The summed E-state index contributed by atoms with van der Waals surface area (Å²) in [5.41, 5.74) is 16.2. The minimum Gasteiger partial charge on any atom is -0.311 e. The molecule has 0 fully saturated rings. The van der Waals surface area contributed by atoms with Crippen LogP contribution in [0.2, 0.25) is 0 Å². The zero-order chi connectivity index (χ0) is 35.5. The Hall–Kier alpha value is -6.22. The van der Waals surface area contributed by atoms with E-state index in [9.17, 15) is 0 Å². The van der Waals surface area contributed by atoms with Crippen molar-refractivity contribution in [1.29, 1.82) is 0 Å². The second kappa shape index (κ2) is 12.5. The second-order valence-electron chi connectivity index (χ2n) is 14.6. The summed E-state index contributed by atoms with van der Waals surface area (Å²) in [4.78, 5) is 2.36. The Kier molecular flexibility index (Phi) is 7.42. The van der Waals surface area contributed by atoms with E-state index in [0.717, 1.165) is 17.1 Å². The van der Waals surface area contributed by atoms with Gasteiger partial charge in [0.25, 0.3) is 0 Å². The van der Waals surface area contributed by atoms with E-state index in [4.69, 9.17) is 0 Å². The molecule has 53 heavy (non-hydrogen) atoms. The number of thiophene rings is 1. The van der Waals surface area contributed by atoms with Crippen molar-refractivity contribution >= 4 is 48.6 Å². The Labute approximate surface area is 315 Å². The summed E-state index contributed by atoms with van der Waals surface area (Å²) in [5.74, 6) is 0. The summed E-state index contributed by atoms with van der Waals surface area (Å²) in [6.45, 7) is 4.67. The first-order valence-electron chi connectivity index (χ1n) is 18.3. The zero-order valence-corrected chi connectivity index (χ0v) is 30.6. The van der Waals surface area contributed by atoms with E-state index in [1.54, 1.807) is 0 Å². The van der Waals surface area contributed by atoms with Gasteiger partial charge in [0.05, 0.1) is 0 Å². The van der Waals surface area contributed by atoms with Crippen LogP contribution in [0, 0.1) is 0 Å². The summed E-state index contributed by atoms with van der Waals surface area (Å²) < 4.78 is 2.66. The molecule has 1 aromatic heterocycles. The van der Waals surface area contributed by atoms with Gasteiger partial charge in [-0.3, -0.25) is 0 Å². The number of nitrogens with zero attached hydrogens (tertiary/aromatic N) is 1. The van der Waals surface area contributed by atoms with Gasteiger partial charge in [-0.25, -0.2) is 0 Å². The molecule has 0 spiro atoms. The van der Waals surface area contributed by atoms with E-state index < -0.39 is 0 Å². The van der Waals surface area contributed by atoms with Crippen LogP contribution in [0.3, 0.4) is 0 Å². The van der Waals surface area contributed by atoms with Gasteiger partial charge in [0.15, 0.2) is 0 Å². The van der Waals surface area contributed by atoms with Gasteiger partial charge in [-0.15, -0.1) is 11.3 Å². The van der Waals surface area contributed by atoms with Gasteiger partial charge in [0, 0.05) is 42.6 Å². The predicted octanol–water partition coefficient (Wildman–Crippen LogP) is 14.8. The normalized spacial score (nSPS) is 12.9. The van der Waals surface area contributed by atoms with Crippen molar-refractivity contribution in [1.82, 2.24) is 0 Å². The average molecular weight is 696 g/mol. The van der Waals surface area contributed by atoms with Crippen molar-refractivity contribution in [3.05, 3.63) is 199 Å². The van der Waals surface area contributed by atoms with E-state index in [0.29, 0.717) is 0 Å². The van der Waals surface area contributed by atoms with Crippen LogP contribution in [0.4, 0.5) is 17.1 Å². The fraction of sp³-hybridized carbons (Fsp3) is 0.0588. The molecule has 0 saturated carbocycles. The van der Waals surface area contributed by atoms with E-state index in [2.05, 4.69) is 207 Å². The van der Waals surface area contributed by atoms with Gasteiger partial charge in [-0.2, -0.15) is 0 Å². The maximum Gasteiger partial charge on any atom is 0.0462 e. The largest absolute Gasteiger partial charge is 0.311 e. The summed E-state index contributed by atoms with van der Waals surface area (Å²) in [7, 11) is 0. The third-order valence-electron chi connectivity index (χ3n) is 11.1. The Morgan fingerprint density at radius 3 is 1.51 bits per heavy atom. The maximum atomic E-state index is 2.38. The summed E-state index contributed by atoms with van der Waals surface area (Å²) >= 11 is 1.86. The molecule has 0 saturated heterocycles. The number of hydrogen-bond acceptors (Lipinski definition) is 2. The minimum atomic E-state index is 0.00541. The monoisotopic (exact) mass is 695 g/mol. The van der Waals surface area contributed by atoms with Crippen LogP contribution >= 0.6 is 11.3 Å². The number of anilines is 3. The molecular formula is C51H37NS. The molecule has 0 amide bonds. The molecular weight excluding hydrogens is 659 g/mol. The lowest BCUT2D eigenvalue weighted by atomic mass is 9.82. The molecule has 1 aliphatic carbocycles. The predicted molar refractivity (Wildman–Crippen MR) is 228 cm³/mol. The number of rotatable bonds is 6. The highest BCUT2D eigenvalue weighted by Crippen LogP contribution is 2.49. The van der Waals surface area contributed by atoms with Gasteiger partial charge in [-0.1, -0.05) is 141 Å². The van der Waals surface area contributed by atoms with Crippen LogP contribution in [0.25, 0.3) is 64.7 Å². The molecule has 9 aromatic rings. The summed E-state index contributed by atoms with van der Waals surface area (Å²) in [6.07, 6.45) is 0. The highest BCUT2D eigenvalue weighted by molar-refractivity contribution is 7.25. The van der Waals surface area contributed by atoms with Gasteiger partial charge in [0.2, 0.25) is 0 Å². The third kappa shape index (κ3) is 5.37. The fourth-order valence-electron chi connectivity index (χ4n) is 8.29. The molecule has 10 rings (SSSR count). The summed E-state index contributed by atoms with van der Waals surface area (Å²) in [6, 6.07) is 69.0. The number of fused-ring (bicyclic) bond motifs is 6. The molecule has 0 aliphatic heterocycles. The Morgan fingerprint density at radius 2 is 0.830 bits per heavy atom.